The van der Waals surface area contributed by atoms with Gasteiger partial charge in [0, 0.05) is 26.1 Å². The molecule has 2 N–H and O–H groups in total. The van der Waals surface area contributed by atoms with Gasteiger partial charge >= 0.3 is 11.8 Å². The van der Waals surface area contributed by atoms with E-state index in [1.54, 1.807) is 45.4 Å². The van der Waals surface area contributed by atoms with Crippen LogP contribution in [-0.4, -0.2) is 87.1 Å². The molecule has 1 heterocycles. The molecule has 11 heteroatoms. The Bertz CT molecular complexity index is 1160. The van der Waals surface area contributed by atoms with Crippen LogP contribution in [0, 0.1) is 12.8 Å². The number of methoxy groups -OCH3 is 2. The number of amides is 2. The first kappa shape index (κ1) is 32.6. The van der Waals surface area contributed by atoms with Crippen LogP contribution >= 0.6 is 12.2 Å². The lowest BCUT2D eigenvalue weighted by molar-refractivity contribution is -1.01. The lowest BCUT2D eigenvalue weighted by Gasteiger charge is -2.39. The maximum absolute atomic E-state index is 13.8. The van der Waals surface area contributed by atoms with Gasteiger partial charge in [-0.1, -0.05) is 29.9 Å². The Kier molecular flexibility index (Phi) is 12.2. The molecule has 224 valence electrons. The van der Waals surface area contributed by atoms with E-state index >= 15 is 0 Å². The maximum Gasteiger partial charge on any atom is 0.358 e. The quantitative estimate of drug-likeness (QED) is 0.0934. The second-order valence-electron chi connectivity index (χ2n) is 9.99. The van der Waals surface area contributed by atoms with Crippen LogP contribution in [0.25, 0.3) is 0 Å². The molecule has 0 bridgehead atoms. The highest BCUT2D eigenvalue weighted by Gasteiger charge is 2.68. The van der Waals surface area contributed by atoms with Gasteiger partial charge in [0.2, 0.25) is 5.54 Å². The minimum atomic E-state index is -1.59. The number of hydroxylamine groups is 3. The average molecular weight is 590 g/mol. The fourth-order valence-electron chi connectivity index (χ4n) is 4.72. The number of quaternary nitrogens is 1. The number of benzene rings is 2. The van der Waals surface area contributed by atoms with E-state index in [2.05, 4.69) is 5.32 Å². The molecule has 1 aliphatic rings. The first-order valence-electron chi connectivity index (χ1n) is 13.6. The van der Waals surface area contributed by atoms with E-state index in [1.807, 2.05) is 31.2 Å². The number of ether oxygens (including phenoxy) is 5. The fraction of sp³-hybridized carbons (Fsp3) is 0.500. The zero-order chi connectivity index (χ0) is 29.9. The molecular formula is C30H41N2O8S+. The van der Waals surface area contributed by atoms with E-state index in [0.29, 0.717) is 56.6 Å². The van der Waals surface area contributed by atoms with Crippen LogP contribution in [0.3, 0.4) is 0 Å². The van der Waals surface area contributed by atoms with Crippen LogP contribution in [0.5, 0.6) is 11.5 Å². The van der Waals surface area contributed by atoms with Crippen molar-refractivity contribution in [3.63, 3.8) is 0 Å². The van der Waals surface area contributed by atoms with E-state index in [4.69, 9.17) is 35.9 Å². The molecule has 0 radical (unpaired) electrons. The Balaban J connectivity index is 1.72. The summed E-state index contributed by atoms with van der Waals surface area (Å²) >= 11 is 5.75. The van der Waals surface area contributed by atoms with Crippen molar-refractivity contribution in [1.82, 2.24) is 5.32 Å². The fourth-order valence-corrected chi connectivity index (χ4v) is 5.07. The third kappa shape index (κ3) is 7.68. The number of carbonyl (C=O) groups excluding carboxylic acids is 2. The van der Waals surface area contributed by atoms with Gasteiger partial charge in [-0.15, -0.1) is 0 Å². The highest BCUT2D eigenvalue weighted by atomic mass is 32.1. The molecule has 0 aromatic heterocycles. The number of imide groups is 1. The van der Waals surface area contributed by atoms with Crippen molar-refractivity contribution in [2.75, 3.05) is 60.4 Å². The predicted molar refractivity (Wildman–Crippen MR) is 156 cm³/mol. The number of thiocarbonyl (C=S) groups is 1. The molecule has 1 saturated heterocycles. The molecule has 1 fully saturated rings. The highest BCUT2D eigenvalue weighted by Crippen LogP contribution is 2.43. The van der Waals surface area contributed by atoms with Crippen LogP contribution in [0.2, 0.25) is 0 Å². The number of nitrogens with one attached hydrogen (secondary N) is 1. The van der Waals surface area contributed by atoms with Crippen molar-refractivity contribution in [3.05, 3.63) is 59.7 Å². The Morgan fingerprint density at radius 3 is 2.20 bits per heavy atom. The summed E-state index contributed by atoms with van der Waals surface area (Å²) < 4.78 is 25.5. The zero-order valence-electron chi connectivity index (χ0n) is 24.2. The summed E-state index contributed by atoms with van der Waals surface area (Å²) in [6.07, 6.45) is 0.158. The van der Waals surface area contributed by atoms with Gasteiger partial charge in [-0.25, -0.2) is 9.59 Å². The summed E-state index contributed by atoms with van der Waals surface area (Å²) in [6.45, 7) is 6.23. The first-order chi connectivity index (χ1) is 19.7. The standard InChI is InChI=1S/C30H40N2O8S/c1-22-5-9-26(10-6-22)40-15-13-23-21-27(33)32(35,28(23)34)30(2,24-7-11-25(37-4)12-8-24)29(41)31-14-16-38-19-20-39-18-17-36-3/h5-12,23,35H,13-21H2,1-4H3/p+1/t23-,30+,32?/m1/s1. The van der Waals surface area contributed by atoms with Gasteiger partial charge in [-0.3, -0.25) is 0 Å². The number of hydrogen-bond donors (Lipinski definition) is 2. The molecule has 1 unspecified atom stereocenters. The van der Waals surface area contributed by atoms with Gasteiger partial charge in [0.1, 0.15) is 16.5 Å². The number of nitrogens with zero attached hydrogens (tertiary/aromatic N) is 1. The van der Waals surface area contributed by atoms with Crippen LogP contribution in [0.4, 0.5) is 0 Å². The zero-order valence-corrected chi connectivity index (χ0v) is 25.0. The number of hydrogen-bond acceptors (Lipinski definition) is 9. The van der Waals surface area contributed by atoms with E-state index in [1.165, 1.54) is 0 Å². The predicted octanol–water partition coefficient (Wildman–Crippen LogP) is 3.56. The van der Waals surface area contributed by atoms with Crippen LogP contribution in [0.15, 0.2) is 48.5 Å². The van der Waals surface area contributed by atoms with Crippen molar-refractivity contribution in [2.24, 2.45) is 5.92 Å². The van der Waals surface area contributed by atoms with Crippen LogP contribution in [0.1, 0.15) is 30.9 Å². The van der Waals surface area contributed by atoms with Crippen molar-refractivity contribution < 1.29 is 43.1 Å². The van der Waals surface area contributed by atoms with E-state index in [0.717, 1.165) is 5.56 Å². The number of rotatable bonds is 17. The van der Waals surface area contributed by atoms with Gasteiger partial charge in [0.15, 0.2) is 0 Å². The van der Waals surface area contributed by atoms with E-state index in [9.17, 15) is 14.8 Å². The summed E-state index contributed by atoms with van der Waals surface area (Å²) in [5.41, 5.74) is 0.00668. The minimum Gasteiger partial charge on any atom is -0.497 e. The summed E-state index contributed by atoms with van der Waals surface area (Å²) in [7, 11) is 3.15. The molecule has 0 aliphatic carbocycles. The molecule has 1 aliphatic heterocycles. The smallest absolute Gasteiger partial charge is 0.358 e. The molecule has 3 rings (SSSR count). The van der Waals surface area contributed by atoms with Gasteiger partial charge in [0.25, 0.3) is 0 Å². The third-order valence-electron chi connectivity index (χ3n) is 7.28. The van der Waals surface area contributed by atoms with Gasteiger partial charge < -0.3 is 29.0 Å². The SMILES string of the molecule is COCCOCCOCCNC(=S)[C@](C)(c1ccc(OC)cc1)[N+]1(O)C(=O)C[C@@H](CCOc2ccc(C)cc2)C1=O. The van der Waals surface area contributed by atoms with Gasteiger partial charge in [-0.2, -0.15) is 5.21 Å². The van der Waals surface area contributed by atoms with Gasteiger partial charge in [-0.05, 0) is 54.4 Å². The topological polar surface area (TPSA) is 113 Å². The normalized spacial score (nSPS) is 20.1. The molecule has 10 nitrogen and oxygen atoms in total. The second kappa shape index (κ2) is 15.3. The number of likely N-dealkylation sites (tertiary alicyclic amines) is 1. The highest BCUT2D eigenvalue weighted by molar-refractivity contribution is 7.80. The summed E-state index contributed by atoms with van der Waals surface area (Å²) in [6, 6.07) is 14.4. The van der Waals surface area contributed by atoms with Gasteiger partial charge in [0.05, 0.1) is 59.1 Å². The lowest BCUT2D eigenvalue weighted by atomic mass is 9.88. The Morgan fingerprint density at radius 1 is 0.951 bits per heavy atom. The van der Waals surface area contributed by atoms with Crippen LogP contribution in [-0.2, 0) is 29.3 Å². The Labute approximate surface area is 247 Å². The van der Waals surface area contributed by atoms with Crippen molar-refractivity contribution in [2.45, 2.75) is 32.2 Å². The summed E-state index contributed by atoms with van der Waals surface area (Å²) in [5, 5.41) is 15.0. The monoisotopic (exact) mass is 589 g/mol. The Morgan fingerprint density at radius 2 is 1.56 bits per heavy atom. The maximum atomic E-state index is 13.8. The van der Waals surface area contributed by atoms with Crippen LogP contribution < -0.4 is 14.8 Å². The average Bonchev–Trinajstić information content (AvgIpc) is 3.20. The second-order valence-corrected chi connectivity index (χ2v) is 10.4. The third-order valence-corrected chi connectivity index (χ3v) is 7.83. The number of aryl methyl sites for hydroxylation is 1. The molecule has 0 saturated carbocycles. The number of carbonyl (C=O) groups is 2. The lowest BCUT2D eigenvalue weighted by Crippen LogP contribution is -2.67. The van der Waals surface area contributed by atoms with Crippen molar-refractivity contribution in [1.29, 1.82) is 0 Å². The molecule has 41 heavy (non-hydrogen) atoms. The van der Waals surface area contributed by atoms with Crippen molar-refractivity contribution >= 4 is 29.0 Å². The Hall–Kier alpha value is -2.93. The largest absolute Gasteiger partial charge is 0.497 e. The van der Waals surface area contributed by atoms with E-state index < -0.39 is 27.9 Å². The summed E-state index contributed by atoms with van der Waals surface area (Å²) in [4.78, 5) is 27.4. The first-order valence-corrected chi connectivity index (χ1v) is 14.1. The van der Waals surface area contributed by atoms with Crippen molar-refractivity contribution in [3.8, 4) is 11.5 Å². The molecule has 2 amide bonds. The van der Waals surface area contributed by atoms with E-state index in [-0.39, 0.29) is 24.4 Å². The molecular weight excluding hydrogens is 548 g/mol. The minimum absolute atomic E-state index is 0.118. The summed E-state index contributed by atoms with van der Waals surface area (Å²) in [5.74, 6) is -0.698. The molecule has 3 atom stereocenters. The molecule has 2 aromatic carbocycles. The molecule has 0 spiro atoms. The molecule has 2 aromatic rings.